The number of anilines is 1. The average Bonchev–Trinajstić information content (AvgIpc) is 2.03. The van der Waals surface area contributed by atoms with Gasteiger partial charge < -0.3 is 11.5 Å². The molecule has 5 N–H and O–H groups in total. The Morgan fingerprint density at radius 2 is 1.75 bits per heavy atom. The van der Waals surface area contributed by atoms with Crippen molar-refractivity contribution >= 4 is 35.6 Å². The van der Waals surface area contributed by atoms with Gasteiger partial charge in [0.15, 0.2) is 0 Å². The Morgan fingerprint density at radius 1 is 1.17 bits per heavy atom. The lowest BCUT2D eigenvalue weighted by Crippen LogP contribution is -2.23. The lowest BCUT2D eigenvalue weighted by atomic mass is 10.3. The molecule has 0 aliphatic carbocycles. The molecule has 0 atom stereocenters. The maximum Gasteiger partial charge on any atom is 0.208 e. The standard InChI is InChI=1S/C7H10N4.HI/c8-7(9)11-10-6-4-2-1-3-5-6;/h1-5,10H,(H4,8,9,11);1H. The number of para-hydroxylation sites is 1. The van der Waals surface area contributed by atoms with Gasteiger partial charge in [-0.2, -0.15) is 0 Å². The third-order valence-corrected chi connectivity index (χ3v) is 1.09. The Balaban J connectivity index is 0.00000121. The molecule has 0 unspecified atom stereocenters. The van der Waals surface area contributed by atoms with E-state index in [1.807, 2.05) is 30.3 Å². The first-order chi connectivity index (χ1) is 5.29. The fraction of sp³-hybridized carbons (Fsp3) is 0. The summed E-state index contributed by atoms with van der Waals surface area (Å²) >= 11 is 0. The van der Waals surface area contributed by atoms with Gasteiger partial charge >= 0.3 is 0 Å². The molecular weight excluding hydrogens is 267 g/mol. The van der Waals surface area contributed by atoms with Crippen LogP contribution in [0.3, 0.4) is 0 Å². The quantitative estimate of drug-likeness (QED) is 0.325. The van der Waals surface area contributed by atoms with E-state index in [1.54, 1.807) is 0 Å². The number of hydrogen-bond acceptors (Lipinski definition) is 2. The van der Waals surface area contributed by atoms with E-state index in [4.69, 9.17) is 11.5 Å². The minimum absolute atomic E-state index is 0. The first kappa shape index (κ1) is 11.0. The molecule has 0 spiro atoms. The normalized spacial score (nSPS) is 8.00. The van der Waals surface area contributed by atoms with Crippen LogP contribution in [0.1, 0.15) is 0 Å². The number of nitrogens with one attached hydrogen (secondary N) is 1. The Bertz CT molecular complexity index is 243. The molecule has 0 saturated carbocycles. The molecule has 0 bridgehead atoms. The number of guanidine groups is 1. The maximum atomic E-state index is 5.11. The van der Waals surface area contributed by atoms with Gasteiger partial charge in [-0.1, -0.05) is 18.2 Å². The van der Waals surface area contributed by atoms with Gasteiger partial charge in [0.1, 0.15) is 0 Å². The van der Waals surface area contributed by atoms with Crippen molar-refractivity contribution < 1.29 is 0 Å². The molecule has 66 valence electrons. The summed E-state index contributed by atoms with van der Waals surface area (Å²) in [6, 6.07) is 9.44. The summed E-state index contributed by atoms with van der Waals surface area (Å²) in [6.45, 7) is 0. The second kappa shape index (κ2) is 5.64. The van der Waals surface area contributed by atoms with Crippen LogP contribution in [0.2, 0.25) is 0 Å². The van der Waals surface area contributed by atoms with Crippen molar-refractivity contribution in [3.63, 3.8) is 0 Å². The number of rotatable bonds is 2. The van der Waals surface area contributed by atoms with E-state index < -0.39 is 0 Å². The van der Waals surface area contributed by atoms with Crippen molar-refractivity contribution in [1.29, 1.82) is 0 Å². The molecule has 12 heavy (non-hydrogen) atoms. The zero-order chi connectivity index (χ0) is 8.10. The van der Waals surface area contributed by atoms with Gasteiger partial charge in [-0.25, -0.2) is 0 Å². The van der Waals surface area contributed by atoms with Crippen LogP contribution in [0.5, 0.6) is 0 Å². The predicted octanol–water partition coefficient (Wildman–Crippen LogP) is 0.905. The van der Waals surface area contributed by atoms with Gasteiger partial charge in [0.2, 0.25) is 5.96 Å². The molecule has 0 aliphatic heterocycles. The highest BCUT2D eigenvalue weighted by atomic mass is 127. The van der Waals surface area contributed by atoms with Crippen molar-refractivity contribution in [2.24, 2.45) is 16.6 Å². The fourth-order valence-electron chi connectivity index (χ4n) is 0.642. The fourth-order valence-corrected chi connectivity index (χ4v) is 0.642. The molecule has 0 aromatic heterocycles. The molecular formula is C7H11IN4. The zero-order valence-corrected chi connectivity index (χ0v) is 8.73. The average molecular weight is 278 g/mol. The molecule has 0 radical (unpaired) electrons. The van der Waals surface area contributed by atoms with Gasteiger partial charge in [0.05, 0.1) is 5.69 Å². The van der Waals surface area contributed by atoms with Crippen LogP contribution in [0.4, 0.5) is 5.69 Å². The molecule has 0 saturated heterocycles. The lowest BCUT2D eigenvalue weighted by molar-refractivity contribution is 1.29. The van der Waals surface area contributed by atoms with Crippen molar-refractivity contribution in [3.8, 4) is 0 Å². The highest BCUT2D eigenvalue weighted by Crippen LogP contribution is 2.03. The molecule has 1 rings (SSSR count). The second-order valence-electron chi connectivity index (χ2n) is 2.01. The van der Waals surface area contributed by atoms with Gasteiger partial charge in [-0.3, -0.25) is 5.43 Å². The van der Waals surface area contributed by atoms with E-state index in [-0.39, 0.29) is 29.9 Å². The third-order valence-electron chi connectivity index (χ3n) is 1.09. The minimum Gasteiger partial charge on any atom is -0.369 e. The van der Waals surface area contributed by atoms with Gasteiger partial charge in [-0.15, -0.1) is 29.1 Å². The number of hydrogen-bond donors (Lipinski definition) is 3. The van der Waals surface area contributed by atoms with Crippen LogP contribution in [0.25, 0.3) is 0 Å². The summed E-state index contributed by atoms with van der Waals surface area (Å²) in [5.74, 6) is 0.0221. The summed E-state index contributed by atoms with van der Waals surface area (Å²) in [4.78, 5) is 0. The van der Waals surface area contributed by atoms with E-state index in [0.717, 1.165) is 5.69 Å². The zero-order valence-electron chi connectivity index (χ0n) is 6.40. The highest BCUT2D eigenvalue weighted by molar-refractivity contribution is 14.0. The van der Waals surface area contributed by atoms with Crippen LogP contribution in [-0.4, -0.2) is 5.96 Å². The maximum absolute atomic E-state index is 5.11. The van der Waals surface area contributed by atoms with Crippen LogP contribution < -0.4 is 16.9 Å². The van der Waals surface area contributed by atoms with Crippen LogP contribution in [0, 0.1) is 0 Å². The van der Waals surface area contributed by atoms with E-state index in [1.165, 1.54) is 0 Å². The molecule has 0 fully saturated rings. The number of halogens is 1. The monoisotopic (exact) mass is 278 g/mol. The Hall–Kier alpha value is -0.980. The largest absolute Gasteiger partial charge is 0.369 e. The van der Waals surface area contributed by atoms with E-state index in [9.17, 15) is 0 Å². The first-order valence-electron chi connectivity index (χ1n) is 3.19. The lowest BCUT2D eigenvalue weighted by Gasteiger charge is -1.97. The summed E-state index contributed by atoms with van der Waals surface area (Å²) in [5, 5.41) is 3.62. The topological polar surface area (TPSA) is 76.4 Å². The smallest absolute Gasteiger partial charge is 0.208 e. The summed E-state index contributed by atoms with van der Waals surface area (Å²) in [6.07, 6.45) is 0. The number of nitrogens with two attached hydrogens (primary N) is 2. The van der Waals surface area contributed by atoms with Crippen molar-refractivity contribution in [3.05, 3.63) is 30.3 Å². The minimum atomic E-state index is 0. The Labute approximate surface area is 88.0 Å². The van der Waals surface area contributed by atoms with Crippen LogP contribution >= 0.6 is 24.0 Å². The SMILES string of the molecule is I.NC(N)=NNc1ccccc1. The molecule has 1 aromatic rings. The van der Waals surface area contributed by atoms with Crippen molar-refractivity contribution in [2.45, 2.75) is 0 Å². The van der Waals surface area contributed by atoms with Gasteiger partial charge in [-0.05, 0) is 12.1 Å². The van der Waals surface area contributed by atoms with Crippen molar-refractivity contribution in [1.82, 2.24) is 0 Å². The summed E-state index contributed by atoms with van der Waals surface area (Å²) < 4.78 is 0. The highest BCUT2D eigenvalue weighted by Gasteiger charge is 1.84. The second-order valence-corrected chi connectivity index (χ2v) is 2.01. The third kappa shape index (κ3) is 4.02. The molecule has 0 heterocycles. The Morgan fingerprint density at radius 3 is 2.25 bits per heavy atom. The molecule has 5 heteroatoms. The molecule has 4 nitrogen and oxygen atoms in total. The Kier molecular flexibility index (Phi) is 5.18. The van der Waals surface area contributed by atoms with Gasteiger partial charge in [0, 0.05) is 0 Å². The molecule has 0 aliphatic rings. The van der Waals surface area contributed by atoms with E-state index in [0.29, 0.717) is 0 Å². The summed E-state index contributed by atoms with van der Waals surface area (Å²) in [5.41, 5.74) is 13.8. The number of benzene rings is 1. The van der Waals surface area contributed by atoms with E-state index in [2.05, 4.69) is 10.5 Å². The summed E-state index contributed by atoms with van der Waals surface area (Å²) in [7, 11) is 0. The van der Waals surface area contributed by atoms with Crippen molar-refractivity contribution in [2.75, 3.05) is 5.43 Å². The number of nitrogens with zero attached hydrogens (tertiary/aromatic N) is 1. The van der Waals surface area contributed by atoms with Crippen LogP contribution in [0.15, 0.2) is 35.4 Å². The van der Waals surface area contributed by atoms with E-state index >= 15 is 0 Å². The first-order valence-corrected chi connectivity index (χ1v) is 3.19. The number of hydrazone groups is 1. The molecule has 1 aromatic carbocycles. The van der Waals surface area contributed by atoms with Crippen LogP contribution in [-0.2, 0) is 0 Å². The molecule has 0 amide bonds. The predicted molar refractivity (Wildman–Crippen MR) is 61.3 cm³/mol. The van der Waals surface area contributed by atoms with Gasteiger partial charge in [0.25, 0.3) is 0 Å².